The lowest BCUT2D eigenvalue weighted by atomic mass is 10.0. The number of aliphatic hydroxyl groups is 1. The van der Waals surface area contributed by atoms with Crippen LogP contribution in [-0.4, -0.2) is 50.1 Å². The standard InChI is InChI=1S/C18H20N4O2/c1-11-16(8-20-17(21-11)12-3-2-4-19-7-12)18(24)22-9-13-5-15(23)6-14(13)10-22/h2-4,7-8,13-15,23H,5-6,9-10H2,1H3. The van der Waals surface area contributed by atoms with Crippen LogP contribution in [0.15, 0.2) is 30.7 Å². The molecule has 2 aromatic heterocycles. The van der Waals surface area contributed by atoms with Crippen molar-refractivity contribution in [3.8, 4) is 11.4 Å². The summed E-state index contributed by atoms with van der Waals surface area (Å²) < 4.78 is 0. The molecule has 0 radical (unpaired) electrons. The molecule has 2 aromatic rings. The summed E-state index contributed by atoms with van der Waals surface area (Å²) >= 11 is 0. The molecule has 6 nitrogen and oxygen atoms in total. The lowest BCUT2D eigenvalue weighted by Crippen LogP contribution is -2.31. The summed E-state index contributed by atoms with van der Waals surface area (Å²) in [5, 5.41) is 9.73. The van der Waals surface area contributed by atoms with Crippen molar-refractivity contribution in [3.05, 3.63) is 42.0 Å². The van der Waals surface area contributed by atoms with Gasteiger partial charge < -0.3 is 10.0 Å². The van der Waals surface area contributed by atoms with E-state index >= 15 is 0 Å². The SMILES string of the molecule is Cc1nc(-c2cccnc2)ncc1C(=O)N1CC2CC(O)CC2C1. The molecule has 1 aliphatic carbocycles. The average Bonchev–Trinajstić information content (AvgIpc) is 3.12. The first-order valence-corrected chi connectivity index (χ1v) is 8.33. The second-order valence-electron chi connectivity index (χ2n) is 6.79. The first-order valence-electron chi connectivity index (χ1n) is 8.33. The fourth-order valence-electron chi connectivity index (χ4n) is 3.92. The van der Waals surface area contributed by atoms with Crippen molar-refractivity contribution in [3.63, 3.8) is 0 Å². The molecule has 24 heavy (non-hydrogen) atoms. The van der Waals surface area contributed by atoms with E-state index in [1.165, 1.54) is 0 Å². The molecule has 1 saturated heterocycles. The highest BCUT2D eigenvalue weighted by molar-refractivity contribution is 5.95. The average molecular weight is 324 g/mol. The van der Waals surface area contributed by atoms with Gasteiger partial charge in [0.15, 0.2) is 5.82 Å². The largest absolute Gasteiger partial charge is 0.393 e. The van der Waals surface area contributed by atoms with Crippen LogP contribution in [0.4, 0.5) is 0 Å². The maximum absolute atomic E-state index is 12.8. The molecule has 3 heterocycles. The zero-order chi connectivity index (χ0) is 16.7. The second-order valence-corrected chi connectivity index (χ2v) is 6.79. The monoisotopic (exact) mass is 324 g/mol. The Morgan fingerprint density at radius 1 is 1.25 bits per heavy atom. The zero-order valence-electron chi connectivity index (χ0n) is 13.6. The number of pyridine rings is 1. The molecule has 2 fully saturated rings. The Bertz CT molecular complexity index is 751. The zero-order valence-corrected chi connectivity index (χ0v) is 13.6. The third-order valence-corrected chi connectivity index (χ3v) is 5.14. The fourth-order valence-corrected chi connectivity index (χ4v) is 3.92. The first-order chi connectivity index (χ1) is 11.6. The summed E-state index contributed by atoms with van der Waals surface area (Å²) in [5.74, 6) is 1.44. The Morgan fingerprint density at radius 2 is 2.00 bits per heavy atom. The number of aliphatic hydroxyl groups excluding tert-OH is 1. The van der Waals surface area contributed by atoms with Gasteiger partial charge in [-0.25, -0.2) is 9.97 Å². The van der Waals surface area contributed by atoms with Crippen molar-refractivity contribution < 1.29 is 9.90 Å². The minimum absolute atomic E-state index is 0.00544. The predicted molar refractivity (Wildman–Crippen MR) is 88.1 cm³/mol. The Morgan fingerprint density at radius 3 is 2.62 bits per heavy atom. The third-order valence-electron chi connectivity index (χ3n) is 5.14. The fraction of sp³-hybridized carbons (Fsp3) is 0.444. The van der Waals surface area contributed by atoms with E-state index in [4.69, 9.17) is 0 Å². The number of aromatic nitrogens is 3. The first kappa shape index (κ1) is 15.2. The molecule has 1 saturated carbocycles. The van der Waals surface area contributed by atoms with Crippen LogP contribution >= 0.6 is 0 Å². The molecular weight excluding hydrogens is 304 g/mol. The van der Waals surface area contributed by atoms with Gasteiger partial charge in [-0.2, -0.15) is 0 Å². The van der Waals surface area contributed by atoms with E-state index in [1.54, 1.807) is 18.6 Å². The molecule has 4 rings (SSSR count). The number of nitrogens with zero attached hydrogens (tertiary/aromatic N) is 4. The lowest BCUT2D eigenvalue weighted by Gasteiger charge is -2.19. The van der Waals surface area contributed by atoms with Crippen LogP contribution in [0.5, 0.6) is 0 Å². The number of hydrogen-bond acceptors (Lipinski definition) is 5. The predicted octanol–water partition coefficient (Wildman–Crippen LogP) is 1.69. The van der Waals surface area contributed by atoms with Crippen LogP contribution in [0, 0.1) is 18.8 Å². The number of carbonyl (C=O) groups excluding carboxylic acids is 1. The number of hydrogen-bond donors (Lipinski definition) is 1. The Labute approximate surface area is 140 Å². The molecule has 2 aliphatic rings. The summed E-state index contributed by atoms with van der Waals surface area (Å²) in [4.78, 5) is 27.6. The summed E-state index contributed by atoms with van der Waals surface area (Å²) in [7, 11) is 0. The van der Waals surface area contributed by atoms with Crippen LogP contribution < -0.4 is 0 Å². The van der Waals surface area contributed by atoms with Crippen molar-refractivity contribution in [1.29, 1.82) is 0 Å². The molecule has 1 aliphatic heterocycles. The molecule has 1 N–H and O–H groups in total. The van der Waals surface area contributed by atoms with Crippen molar-refractivity contribution >= 4 is 5.91 Å². The highest BCUT2D eigenvalue weighted by Gasteiger charge is 2.42. The summed E-state index contributed by atoms with van der Waals surface area (Å²) in [6.07, 6.45) is 6.46. The molecule has 0 spiro atoms. The van der Waals surface area contributed by atoms with Gasteiger partial charge >= 0.3 is 0 Å². The van der Waals surface area contributed by atoms with Gasteiger partial charge in [0.2, 0.25) is 0 Å². The number of aryl methyl sites for hydroxylation is 1. The van der Waals surface area contributed by atoms with Crippen LogP contribution in [-0.2, 0) is 0 Å². The van der Waals surface area contributed by atoms with E-state index in [2.05, 4.69) is 15.0 Å². The van der Waals surface area contributed by atoms with Crippen molar-refractivity contribution in [2.75, 3.05) is 13.1 Å². The van der Waals surface area contributed by atoms with E-state index in [1.807, 2.05) is 24.0 Å². The second kappa shape index (κ2) is 5.94. The number of rotatable bonds is 2. The van der Waals surface area contributed by atoms with Gasteiger partial charge in [-0.3, -0.25) is 9.78 Å². The van der Waals surface area contributed by atoms with Gasteiger partial charge in [-0.15, -0.1) is 0 Å². The highest BCUT2D eigenvalue weighted by atomic mass is 16.3. The molecule has 6 heteroatoms. The number of amides is 1. The minimum Gasteiger partial charge on any atom is -0.393 e. The topological polar surface area (TPSA) is 79.2 Å². The van der Waals surface area contributed by atoms with Crippen LogP contribution in [0.2, 0.25) is 0 Å². The maximum Gasteiger partial charge on any atom is 0.257 e. The van der Waals surface area contributed by atoms with Crippen LogP contribution in [0.1, 0.15) is 28.9 Å². The quantitative estimate of drug-likeness (QED) is 0.909. The summed E-state index contributed by atoms with van der Waals surface area (Å²) in [5.41, 5.74) is 2.08. The van der Waals surface area contributed by atoms with E-state index in [0.717, 1.165) is 31.5 Å². The molecular formula is C18H20N4O2. The van der Waals surface area contributed by atoms with Crippen molar-refractivity contribution in [2.45, 2.75) is 25.9 Å². The van der Waals surface area contributed by atoms with Gasteiger partial charge in [-0.05, 0) is 43.7 Å². The highest BCUT2D eigenvalue weighted by Crippen LogP contribution is 2.38. The minimum atomic E-state index is -0.193. The van der Waals surface area contributed by atoms with Gasteiger partial charge in [0.25, 0.3) is 5.91 Å². The van der Waals surface area contributed by atoms with E-state index in [0.29, 0.717) is 28.9 Å². The Kier molecular flexibility index (Phi) is 3.76. The lowest BCUT2D eigenvalue weighted by molar-refractivity contribution is 0.0763. The molecule has 0 bridgehead atoms. The maximum atomic E-state index is 12.8. The van der Waals surface area contributed by atoms with Crippen LogP contribution in [0.25, 0.3) is 11.4 Å². The normalized spacial score (nSPS) is 25.8. The van der Waals surface area contributed by atoms with E-state index < -0.39 is 0 Å². The van der Waals surface area contributed by atoms with Crippen molar-refractivity contribution in [2.24, 2.45) is 11.8 Å². The molecule has 124 valence electrons. The van der Waals surface area contributed by atoms with E-state index in [-0.39, 0.29) is 12.0 Å². The van der Waals surface area contributed by atoms with Gasteiger partial charge in [-0.1, -0.05) is 0 Å². The molecule has 2 unspecified atom stereocenters. The molecule has 2 atom stereocenters. The van der Waals surface area contributed by atoms with Crippen LogP contribution in [0.3, 0.4) is 0 Å². The van der Waals surface area contributed by atoms with Gasteiger partial charge in [0, 0.05) is 37.2 Å². The Balaban J connectivity index is 1.53. The summed E-state index contributed by atoms with van der Waals surface area (Å²) in [6, 6.07) is 3.74. The van der Waals surface area contributed by atoms with Crippen molar-refractivity contribution in [1.82, 2.24) is 19.9 Å². The van der Waals surface area contributed by atoms with Gasteiger partial charge in [0.1, 0.15) is 0 Å². The third kappa shape index (κ3) is 2.67. The summed E-state index contributed by atoms with van der Waals surface area (Å²) in [6.45, 7) is 3.30. The molecule has 1 amide bonds. The number of likely N-dealkylation sites (tertiary alicyclic amines) is 1. The molecule has 0 aromatic carbocycles. The van der Waals surface area contributed by atoms with E-state index in [9.17, 15) is 9.90 Å². The van der Waals surface area contributed by atoms with Gasteiger partial charge in [0.05, 0.1) is 17.4 Å². The number of carbonyl (C=O) groups is 1. The smallest absolute Gasteiger partial charge is 0.257 e. The Hall–Kier alpha value is -2.34. The number of fused-ring (bicyclic) bond motifs is 1.